The van der Waals surface area contributed by atoms with Crippen LogP contribution in [-0.2, 0) is 21.2 Å². The standard InChI is InChI=1S/C21H20N2O4S2/c1-27-21(24)22-16-8-10-17(11-9-16)29(25,26)23-13-12-15-5-2-3-6-18(15)20(23)19-7-4-14-28-19/h2-11,14,20H,12-13H2,1H3,(H,22,24). The molecule has 2 aromatic carbocycles. The summed E-state index contributed by atoms with van der Waals surface area (Å²) in [5.41, 5.74) is 2.67. The summed E-state index contributed by atoms with van der Waals surface area (Å²) in [6, 6.07) is 17.7. The van der Waals surface area contributed by atoms with Crippen molar-refractivity contribution in [2.45, 2.75) is 17.4 Å². The summed E-state index contributed by atoms with van der Waals surface area (Å²) in [6.45, 7) is 0.407. The minimum absolute atomic E-state index is 0.189. The van der Waals surface area contributed by atoms with E-state index in [9.17, 15) is 13.2 Å². The Morgan fingerprint density at radius 2 is 1.86 bits per heavy atom. The van der Waals surface area contributed by atoms with Gasteiger partial charge in [0.05, 0.1) is 18.0 Å². The number of hydrogen-bond acceptors (Lipinski definition) is 5. The van der Waals surface area contributed by atoms with E-state index in [1.54, 1.807) is 27.8 Å². The third kappa shape index (κ3) is 3.78. The first-order valence-corrected chi connectivity index (χ1v) is 11.4. The van der Waals surface area contributed by atoms with Crippen LogP contribution in [-0.4, -0.2) is 32.5 Å². The molecule has 1 amide bonds. The highest BCUT2D eigenvalue weighted by atomic mass is 32.2. The van der Waals surface area contributed by atoms with Crippen LogP contribution in [0.15, 0.2) is 70.9 Å². The quantitative estimate of drug-likeness (QED) is 0.674. The number of carbonyl (C=O) groups excluding carboxylic acids is 1. The number of anilines is 1. The maximum atomic E-state index is 13.5. The number of nitrogens with one attached hydrogen (secondary N) is 1. The summed E-state index contributed by atoms with van der Waals surface area (Å²) in [5, 5.41) is 4.49. The number of thiophene rings is 1. The Balaban J connectivity index is 1.71. The fourth-order valence-corrected chi connectivity index (χ4v) is 6.07. The fourth-order valence-electron chi connectivity index (χ4n) is 3.56. The number of amides is 1. The molecule has 0 aliphatic carbocycles. The first kappa shape index (κ1) is 19.6. The van der Waals surface area contributed by atoms with Gasteiger partial charge in [-0.05, 0) is 53.3 Å². The van der Waals surface area contributed by atoms with Gasteiger partial charge in [0.15, 0.2) is 0 Å². The zero-order chi connectivity index (χ0) is 20.4. The predicted molar refractivity (Wildman–Crippen MR) is 113 cm³/mol. The smallest absolute Gasteiger partial charge is 0.411 e. The molecule has 0 spiro atoms. The Kier molecular flexibility index (Phi) is 5.40. The Bertz CT molecular complexity index is 1110. The number of hydrogen-bond donors (Lipinski definition) is 1. The first-order chi connectivity index (χ1) is 14.0. The molecule has 1 N–H and O–H groups in total. The van der Waals surface area contributed by atoms with Crippen molar-refractivity contribution in [1.29, 1.82) is 0 Å². The van der Waals surface area contributed by atoms with Gasteiger partial charge in [-0.3, -0.25) is 5.32 Å². The number of ether oxygens (including phenoxy) is 1. The molecule has 3 aromatic rings. The highest BCUT2D eigenvalue weighted by Gasteiger charge is 2.37. The van der Waals surface area contributed by atoms with Crippen LogP contribution >= 0.6 is 11.3 Å². The number of nitrogens with zero attached hydrogens (tertiary/aromatic N) is 1. The Morgan fingerprint density at radius 1 is 1.10 bits per heavy atom. The molecule has 4 rings (SSSR count). The third-order valence-electron chi connectivity index (χ3n) is 4.94. The first-order valence-electron chi connectivity index (χ1n) is 9.09. The SMILES string of the molecule is COC(=O)Nc1ccc(S(=O)(=O)N2CCc3ccccc3C2c2cccs2)cc1. The van der Waals surface area contributed by atoms with E-state index < -0.39 is 16.1 Å². The molecule has 0 saturated carbocycles. The average Bonchev–Trinajstić information content (AvgIpc) is 3.27. The van der Waals surface area contributed by atoms with Crippen LogP contribution in [0.1, 0.15) is 22.0 Å². The zero-order valence-corrected chi connectivity index (χ0v) is 17.4. The highest BCUT2D eigenvalue weighted by molar-refractivity contribution is 7.89. The second-order valence-electron chi connectivity index (χ2n) is 6.62. The van der Waals surface area contributed by atoms with Gasteiger partial charge in [-0.15, -0.1) is 11.3 Å². The van der Waals surface area contributed by atoms with Crippen molar-refractivity contribution in [2.24, 2.45) is 0 Å². The van der Waals surface area contributed by atoms with E-state index in [0.29, 0.717) is 18.7 Å². The van der Waals surface area contributed by atoms with Gasteiger partial charge >= 0.3 is 6.09 Å². The molecule has 8 heteroatoms. The van der Waals surface area contributed by atoms with Gasteiger partial charge in [0.2, 0.25) is 10.0 Å². The van der Waals surface area contributed by atoms with Gasteiger partial charge in [0.25, 0.3) is 0 Å². The molecule has 150 valence electrons. The molecule has 2 heterocycles. The number of sulfonamides is 1. The van der Waals surface area contributed by atoms with Gasteiger partial charge in [0.1, 0.15) is 0 Å². The van der Waals surface area contributed by atoms with Gasteiger partial charge < -0.3 is 4.74 Å². The Labute approximate surface area is 173 Å². The van der Waals surface area contributed by atoms with Crippen LogP contribution in [0.2, 0.25) is 0 Å². The maximum absolute atomic E-state index is 13.5. The lowest BCUT2D eigenvalue weighted by molar-refractivity contribution is 0.187. The molecule has 1 aromatic heterocycles. The van der Waals surface area contributed by atoms with E-state index in [0.717, 1.165) is 10.4 Å². The molecule has 6 nitrogen and oxygen atoms in total. The van der Waals surface area contributed by atoms with Gasteiger partial charge in [-0.1, -0.05) is 30.3 Å². The lowest BCUT2D eigenvalue weighted by Crippen LogP contribution is -2.40. The minimum atomic E-state index is -3.73. The topological polar surface area (TPSA) is 75.7 Å². The monoisotopic (exact) mass is 428 g/mol. The highest BCUT2D eigenvalue weighted by Crippen LogP contribution is 2.40. The number of rotatable bonds is 4. The van der Waals surface area contributed by atoms with Crippen molar-refractivity contribution in [1.82, 2.24) is 4.31 Å². The third-order valence-corrected chi connectivity index (χ3v) is 7.75. The van der Waals surface area contributed by atoms with Crippen molar-refractivity contribution in [2.75, 3.05) is 19.0 Å². The Morgan fingerprint density at radius 3 is 2.55 bits per heavy atom. The molecule has 1 aliphatic heterocycles. The molecule has 1 unspecified atom stereocenters. The minimum Gasteiger partial charge on any atom is -0.453 e. The molecule has 1 atom stereocenters. The van der Waals surface area contributed by atoms with Crippen LogP contribution in [0, 0.1) is 0 Å². The number of benzene rings is 2. The largest absolute Gasteiger partial charge is 0.453 e. The zero-order valence-electron chi connectivity index (χ0n) is 15.7. The van der Waals surface area contributed by atoms with E-state index in [-0.39, 0.29) is 10.9 Å². The molecule has 0 radical (unpaired) electrons. The summed E-state index contributed by atoms with van der Waals surface area (Å²) in [5.74, 6) is 0. The van der Waals surface area contributed by atoms with Crippen molar-refractivity contribution < 1.29 is 17.9 Å². The number of methoxy groups -OCH3 is 1. The van der Waals surface area contributed by atoms with Crippen molar-refractivity contribution in [3.63, 3.8) is 0 Å². The van der Waals surface area contributed by atoms with E-state index in [1.165, 1.54) is 24.8 Å². The molecule has 29 heavy (non-hydrogen) atoms. The van der Waals surface area contributed by atoms with E-state index in [4.69, 9.17) is 0 Å². The van der Waals surface area contributed by atoms with Crippen molar-refractivity contribution in [3.05, 3.63) is 82.0 Å². The van der Waals surface area contributed by atoms with E-state index >= 15 is 0 Å². The summed E-state index contributed by atoms with van der Waals surface area (Å²) in [6.07, 6.45) is 0.0604. The average molecular weight is 429 g/mol. The summed E-state index contributed by atoms with van der Waals surface area (Å²) in [4.78, 5) is 12.5. The molecule has 1 aliphatic rings. The molecular formula is C21H20N2O4S2. The lowest BCUT2D eigenvalue weighted by Gasteiger charge is -2.36. The van der Waals surface area contributed by atoms with Crippen LogP contribution in [0.4, 0.5) is 10.5 Å². The summed E-state index contributed by atoms with van der Waals surface area (Å²) in [7, 11) is -2.46. The normalized spacial score (nSPS) is 16.8. The molecule has 0 fully saturated rings. The van der Waals surface area contributed by atoms with Gasteiger partial charge in [0, 0.05) is 17.1 Å². The van der Waals surface area contributed by atoms with Crippen LogP contribution in [0.3, 0.4) is 0 Å². The molecule has 0 bridgehead atoms. The number of carbonyl (C=O) groups is 1. The second-order valence-corrected chi connectivity index (χ2v) is 9.49. The van der Waals surface area contributed by atoms with Crippen LogP contribution in [0.5, 0.6) is 0 Å². The predicted octanol–water partition coefficient (Wildman–Crippen LogP) is 4.26. The fraction of sp³-hybridized carbons (Fsp3) is 0.190. The maximum Gasteiger partial charge on any atom is 0.411 e. The molecular weight excluding hydrogens is 408 g/mol. The molecule has 0 saturated heterocycles. The summed E-state index contributed by atoms with van der Waals surface area (Å²) >= 11 is 1.55. The second kappa shape index (κ2) is 7.98. The van der Waals surface area contributed by atoms with Gasteiger partial charge in [-0.2, -0.15) is 4.31 Å². The Hall–Kier alpha value is -2.68. The van der Waals surface area contributed by atoms with E-state index in [2.05, 4.69) is 16.1 Å². The van der Waals surface area contributed by atoms with Gasteiger partial charge in [-0.25, -0.2) is 13.2 Å². The number of fused-ring (bicyclic) bond motifs is 1. The van der Waals surface area contributed by atoms with Crippen molar-refractivity contribution >= 4 is 33.1 Å². The lowest BCUT2D eigenvalue weighted by atomic mass is 9.93. The van der Waals surface area contributed by atoms with Crippen LogP contribution in [0.25, 0.3) is 0 Å². The van der Waals surface area contributed by atoms with Crippen LogP contribution < -0.4 is 5.32 Å². The van der Waals surface area contributed by atoms with E-state index in [1.807, 2.05) is 35.7 Å². The summed E-state index contributed by atoms with van der Waals surface area (Å²) < 4.78 is 33.2. The van der Waals surface area contributed by atoms with Crippen molar-refractivity contribution in [3.8, 4) is 0 Å².